The van der Waals surface area contributed by atoms with Gasteiger partial charge in [-0.3, -0.25) is 9.59 Å². The third-order valence-corrected chi connectivity index (χ3v) is 4.79. The molecule has 9 heteroatoms. The van der Waals surface area contributed by atoms with Gasteiger partial charge in [0, 0.05) is 24.1 Å². The van der Waals surface area contributed by atoms with Gasteiger partial charge in [-0.1, -0.05) is 48.5 Å². The lowest BCUT2D eigenvalue weighted by Gasteiger charge is -2.26. The van der Waals surface area contributed by atoms with E-state index in [-0.39, 0.29) is 13.0 Å². The van der Waals surface area contributed by atoms with E-state index >= 15 is 0 Å². The minimum absolute atomic E-state index is 0.169. The van der Waals surface area contributed by atoms with Crippen molar-refractivity contribution in [1.82, 2.24) is 5.32 Å². The molecule has 1 unspecified atom stereocenters. The van der Waals surface area contributed by atoms with Gasteiger partial charge in [0.2, 0.25) is 12.1 Å². The van der Waals surface area contributed by atoms with Crippen molar-refractivity contribution in [2.75, 3.05) is 11.4 Å². The van der Waals surface area contributed by atoms with Crippen LogP contribution in [0.1, 0.15) is 30.9 Å². The molecule has 2 atom stereocenters. The summed E-state index contributed by atoms with van der Waals surface area (Å²) in [5.41, 5.74) is 7.81. The molecule has 0 spiro atoms. The first-order valence-corrected chi connectivity index (χ1v) is 9.84. The number of para-hydroxylation sites is 1. The van der Waals surface area contributed by atoms with Crippen LogP contribution >= 0.6 is 0 Å². The van der Waals surface area contributed by atoms with Crippen LogP contribution in [0.5, 0.6) is 0 Å². The fourth-order valence-corrected chi connectivity index (χ4v) is 3.28. The van der Waals surface area contributed by atoms with Crippen molar-refractivity contribution in [3.8, 4) is 0 Å². The highest BCUT2D eigenvalue weighted by molar-refractivity contribution is 6.20. The molecule has 0 saturated carbocycles. The van der Waals surface area contributed by atoms with E-state index in [9.17, 15) is 22.8 Å². The molecule has 1 aliphatic heterocycles. The fraction of sp³-hybridized carbons (Fsp3) is 0.318. The van der Waals surface area contributed by atoms with Crippen LogP contribution in [0, 0.1) is 0 Å². The number of benzodiazepines with no additional fused rings is 1. The van der Waals surface area contributed by atoms with Crippen molar-refractivity contribution < 1.29 is 22.8 Å². The summed E-state index contributed by atoms with van der Waals surface area (Å²) >= 11 is 0. The van der Waals surface area contributed by atoms with Crippen LogP contribution in [-0.2, 0) is 9.59 Å². The van der Waals surface area contributed by atoms with Gasteiger partial charge >= 0.3 is 6.18 Å². The van der Waals surface area contributed by atoms with E-state index in [0.717, 1.165) is 0 Å². The molecular weight excluding hydrogens is 409 g/mol. The molecule has 2 aromatic carbocycles. The Kier molecular flexibility index (Phi) is 6.74. The predicted molar refractivity (Wildman–Crippen MR) is 112 cm³/mol. The number of halogens is 3. The molecule has 0 fully saturated rings. The van der Waals surface area contributed by atoms with Gasteiger partial charge in [0.1, 0.15) is 0 Å². The lowest BCUT2D eigenvalue weighted by atomic mass is 10.00. The molecule has 0 radical (unpaired) electrons. The van der Waals surface area contributed by atoms with Crippen LogP contribution < -0.4 is 16.0 Å². The average Bonchev–Trinajstić information content (AvgIpc) is 2.84. The highest BCUT2D eigenvalue weighted by atomic mass is 19.4. The first-order chi connectivity index (χ1) is 14.7. The first-order valence-electron chi connectivity index (χ1n) is 9.84. The van der Waals surface area contributed by atoms with E-state index in [1.54, 1.807) is 24.3 Å². The van der Waals surface area contributed by atoms with Crippen molar-refractivity contribution in [3.05, 3.63) is 65.7 Å². The molecule has 0 aromatic heterocycles. The summed E-state index contributed by atoms with van der Waals surface area (Å²) in [6.45, 7) is 1.30. The molecule has 0 bridgehead atoms. The lowest BCUT2D eigenvalue weighted by Crippen LogP contribution is -2.51. The molecule has 1 heterocycles. The molecule has 0 aliphatic carbocycles. The fourth-order valence-electron chi connectivity index (χ4n) is 3.28. The van der Waals surface area contributed by atoms with E-state index in [1.165, 1.54) is 11.8 Å². The number of fused-ring (bicyclic) bond motifs is 1. The van der Waals surface area contributed by atoms with E-state index in [4.69, 9.17) is 5.73 Å². The number of nitrogens with zero attached hydrogens (tertiary/aromatic N) is 2. The summed E-state index contributed by atoms with van der Waals surface area (Å²) in [5, 5.41) is 2.51. The van der Waals surface area contributed by atoms with Gasteiger partial charge < -0.3 is 16.0 Å². The second kappa shape index (κ2) is 9.30. The third kappa shape index (κ3) is 5.49. The molecule has 164 valence electrons. The van der Waals surface area contributed by atoms with E-state index in [2.05, 4.69) is 10.3 Å². The van der Waals surface area contributed by atoms with Gasteiger partial charge in [-0.25, -0.2) is 4.99 Å². The van der Waals surface area contributed by atoms with Crippen LogP contribution in [0.2, 0.25) is 0 Å². The van der Waals surface area contributed by atoms with Crippen molar-refractivity contribution >= 4 is 23.2 Å². The second-order valence-corrected chi connectivity index (χ2v) is 7.27. The summed E-state index contributed by atoms with van der Waals surface area (Å²) in [5.74, 6) is -1.20. The Morgan fingerprint density at radius 3 is 2.45 bits per heavy atom. The van der Waals surface area contributed by atoms with Crippen LogP contribution in [-0.4, -0.2) is 42.5 Å². The topological polar surface area (TPSA) is 87.8 Å². The Morgan fingerprint density at radius 1 is 1.16 bits per heavy atom. The summed E-state index contributed by atoms with van der Waals surface area (Å²) in [7, 11) is 0. The zero-order chi connectivity index (χ0) is 22.6. The van der Waals surface area contributed by atoms with Crippen LogP contribution in [0.25, 0.3) is 0 Å². The number of aliphatic imine (C=N–C) groups is 1. The number of carbonyl (C=O) groups excluding carboxylic acids is 2. The molecule has 3 N–H and O–H groups in total. The maximum absolute atomic E-state index is 13.3. The molecule has 3 rings (SSSR count). The number of amides is 2. The van der Waals surface area contributed by atoms with Gasteiger partial charge in [0.15, 0.2) is 0 Å². The van der Waals surface area contributed by atoms with Gasteiger partial charge in [0.25, 0.3) is 5.91 Å². The van der Waals surface area contributed by atoms with Gasteiger partial charge in [-0.05, 0) is 19.4 Å². The number of anilines is 1. The number of alkyl halides is 3. The van der Waals surface area contributed by atoms with Crippen molar-refractivity contribution in [2.24, 2.45) is 10.7 Å². The zero-order valence-electron chi connectivity index (χ0n) is 16.9. The first kappa shape index (κ1) is 22.5. The van der Waals surface area contributed by atoms with Crippen molar-refractivity contribution in [3.63, 3.8) is 0 Å². The molecule has 2 amide bonds. The minimum Gasteiger partial charge on any atom is -0.325 e. The second-order valence-electron chi connectivity index (χ2n) is 7.27. The van der Waals surface area contributed by atoms with Crippen LogP contribution in [0.4, 0.5) is 18.9 Å². The molecule has 2 aromatic rings. The Morgan fingerprint density at radius 2 is 1.81 bits per heavy atom. The number of benzene rings is 2. The quantitative estimate of drug-likeness (QED) is 0.736. The minimum atomic E-state index is -4.33. The molecule has 0 saturated heterocycles. The normalized spacial score (nSPS) is 17.5. The summed E-state index contributed by atoms with van der Waals surface area (Å²) in [6.07, 6.45) is -6.95. The maximum Gasteiger partial charge on any atom is 0.389 e. The van der Waals surface area contributed by atoms with Crippen LogP contribution in [0.15, 0.2) is 59.6 Å². The van der Waals surface area contributed by atoms with Gasteiger partial charge in [-0.2, -0.15) is 13.2 Å². The van der Waals surface area contributed by atoms with E-state index < -0.39 is 36.6 Å². The number of nitrogens with one attached hydrogen (secondary N) is 1. The monoisotopic (exact) mass is 432 g/mol. The highest BCUT2D eigenvalue weighted by Gasteiger charge is 2.34. The molecule has 1 aliphatic rings. The molecule has 6 nitrogen and oxygen atoms in total. The smallest absolute Gasteiger partial charge is 0.325 e. The molecule has 31 heavy (non-hydrogen) atoms. The standard InChI is InChI=1S/C22H23F3N4O2/c1-14(26)20(30)28-19-21(31)29(13-7-12-22(23,24)25)17-11-6-5-10-16(17)18(27-19)15-8-3-2-4-9-15/h2-6,8-11,14,19H,7,12-13,26H2,1H3,(H,28,30)/t14-,19?/m0/s1. The number of nitrogens with two attached hydrogens (primary N) is 1. The Bertz CT molecular complexity index is 974. The predicted octanol–water partition coefficient (Wildman–Crippen LogP) is 3.00. The SMILES string of the molecule is C[C@H](N)C(=O)NC1N=C(c2ccccc2)c2ccccc2N(CCCC(F)(F)F)C1=O. The van der Waals surface area contributed by atoms with Crippen molar-refractivity contribution in [1.29, 1.82) is 0 Å². The van der Waals surface area contributed by atoms with Gasteiger partial charge in [0.05, 0.1) is 17.4 Å². The number of hydrogen-bond donors (Lipinski definition) is 2. The number of hydrogen-bond acceptors (Lipinski definition) is 4. The maximum atomic E-state index is 13.3. The largest absolute Gasteiger partial charge is 0.389 e. The zero-order valence-corrected chi connectivity index (χ0v) is 16.9. The highest BCUT2D eigenvalue weighted by Crippen LogP contribution is 2.29. The number of carbonyl (C=O) groups is 2. The average molecular weight is 432 g/mol. The van der Waals surface area contributed by atoms with E-state index in [1.807, 2.05) is 30.3 Å². The summed E-state index contributed by atoms with van der Waals surface area (Å²) in [4.78, 5) is 31.3. The third-order valence-electron chi connectivity index (χ3n) is 4.79. The summed E-state index contributed by atoms with van der Waals surface area (Å²) in [6, 6.07) is 15.1. The van der Waals surface area contributed by atoms with Crippen LogP contribution in [0.3, 0.4) is 0 Å². The number of rotatable bonds is 6. The molecular formula is C22H23F3N4O2. The lowest BCUT2D eigenvalue weighted by molar-refractivity contribution is -0.135. The summed E-state index contributed by atoms with van der Waals surface area (Å²) < 4.78 is 38.1. The Labute approximate surface area is 177 Å². The van der Waals surface area contributed by atoms with Gasteiger partial charge in [-0.15, -0.1) is 0 Å². The van der Waals surface area contributed by atoms with Crippen molar-refractivity contribution in [2.45, 2.75) is 38.1 Å². The Balaban J connectivity index is 2.06. The van der Waals surface area contributed by atoms with E-state index in [0.29, 0.717) is 22.5 Å². The Hall–Kier alpha value is -3.20.